The maximum Gasteiger partial charge on any atom is 0.265 e. The second-order valence-electron chi connectivity index (χ2n) is 6.61. The fraction of sp³-hybridized carbons (Fsp3) is 0.368. The van der Waals surface area contributed by atoms with E-state index in [1.54, 1.807) is 42.6 Å². The number of nitrogens with two attached hydrogens (primary N) is 1. The summed E-state index contributed by atoms with van der Waals surface area (Å²) in [5.74, 6) is -0.571. The standard InChI is InChI=1S/C19H24N4O5S2/c1-14(28-15-6-3-2-4-7-15)19(25)22-11-12-23(18(22)17(24)21-10-9-20)30(26,27)16-8-5-13-29-16/h2-8,13-14,18H,9-12,20H2,1H3,(H,21,24). The Labute approximate surface area is 179 Å². The molecule has 9 nitrogen and oxygen atoms in total. The molecule has 1 aliphatic heterocycles. The van der Waals surface area contributed by atoms with E-state index in [1.165, 1.54) is 11.0 Å². The van der Waals surface area contributed by atoms with Crippen LogP contribution in [0.1, 0.15) is 6.92 Å². The number of carbonyl (C=O) groups excluding carboxylic acids is 2. The zero-order valence-electron chi connectivity index (χ0n) is 16.4. The lowest BCUT2D eigenvalue weighted by Crippen LogP contribution is -2.56. The fourth-order valence-corrected chi connectivity index (χ4v) is 5.83. The van der Waals surface area contributed by atoms with Crippen molar-refractivity contribution in [1.29, 1.82) is 0 Å². The van der Waals surface area contributed by atoms with Crippen molar-refractivity contribution >= 4 is 33.2 Å². The van der Waals surface area contributed by atoms with Gasteiger partial charge in [-0.2, -0.15) is 4.31 Å². The number of nitrogens with one attached hydrogen (secondary N) is 1. The topological polar surface area (TPSA) is 122 Å². The van der Waals surface area contributed by atoms with Crippen molar-refractivity contribution in [1.82, 2.24) is 14.5 Å². The summed E-state index contributed by atoms with van der Waals surface area (Å²) in [4.78, 5) is 27.1. The Balaban J connectivity index is 1.85. The van der Waals surface area contributed by atoms with Crippen LogP contribution in [0.5, 0.6) is 5.75 Å². The molecule has 0 saturated carbocycles. The van der Waals surface area contributed by atoms with Crippen LogP contribution in [0.15, 0.2) is 52.1 Å². The van der Waals surface area contributed by atoms with Crippen LogP contribution in [-0.4, -0.2) is 67.9 Å². The van der Waals surface area contributed by atoms with Crippen molar-refractivity contribution in [2.24, 2.45) is 5.73 Å². The highest BCUT2D eigenvalue weighted by molar-refractivity contribution is 7.91. The highest BCUT2D eigenvalue weighted by Crippen LogP contribution is 2.28. The van der Waals surface area contributed by atoms with Gasteiger partial charge in [0.1, 0.15) is 9.96 Å². The zero-order chi connectivity index (χ0) is 21.7. The van der Waals surface area contributed by atoms with Gasteiger partial charge in [0.05, 0.1) is 0 Å². The molecule has 0 spiro atoms. The van der Waals surface area contributed by atoms with E-state index in [0.29, 0.717) is 5.75 Å². The third kappa shape index (κ3) is 4.64. The lowest BCUT2D eigenvalue weighted by atomic mass is 10.3. The molecule has 2 unspecified atom stereocenters. The van der Waals surface area contributed by atoms with Crippen molar-refractivity contribution in [2.75, 3.05) is 26.2 Å². The molecule has 0 aliphatic carbocycles. The Morgan fingerprint density at radius 3 is 2.60 bits per heavy atom. The van der Waals surface area contributed by atoms with Gasteiger partial charge in [0.25, 0.3) is 21.8 Å². The van der Waals surface area contributed by atoms with Crippen molar-refractivity contribution in [3.05, 3.63) is 47.8 Å². The Hall–Kier alpha value is -2.47. The smallest absolute Gasteiger partial charge is 0.265 e. The third-order valence-electron chi connectivity index (χ3n) is 4.55. The highest BCUT2D eigenvalue weighted by atomic mass is 32.2. The first kappa shape index (κ1) is 22.2. The molecule has 1 aromatic carbocycles. The van der Waals surface area contributed by atoms with Crippen molar-refractivity contribution in [3.63, 3.8) is 0 Å². The highest BCUT2D eigenvalue weighted by Gasteiger charge is 2.47. The largest absolute Gasteiger partial charge is 0.481 e. The summed E-state index contributed by atoms with van der Waals surface area (Å²) >= 11 is 1.06. The molecule has 1 fully saturated rings. The second-order valence-corrected chi connectivity index (χ2v) is 9.67. The predicted molar refractivity (Wildman–Crippen MR) is 112 cm³/mol. The lowest BCUT2D eigenvalue weighted by Gasteiger charge is -2.30. The summed E-state index contributed by atoms with van der Waals surface area (Å²) in [5.41, 5.74) is 5.46. The molecule has 2 amide bonds. The van der Waals surface area contributed by atoms with Gasteiger partial charge in [-0.3, -0.25) is 9.59 Å². The summed E-state index contributed by atoms with van der Waals surface area (Å²) in [6, 6.07) is 11.9. The molecule has 30 heavy (non-hydrogen) atoms. The molecule has 3 N–H and O–H groups in total. The Morgan fingerprint density at radius 2 is 1.97 bits per heavy atom. The minimum atomic E-state index is -3.94. The molecular weight excluding hydrogens is 428 g/mol. The van der Waals surface area contributed by atoms with E-state index in [4.69, 9.17) is 10.5 Å². The summed E-state index contributed by atoms with van der Waals surface area (Å²) in [5, 5.41) is 4.24. The molecule has 3 rings (SSSR count). The predicted octanol–water partition coefficient (Wildman–Crippen LogP) is 0.450. The van der Waals surface area contributed by atoms with E-state index in [1.807, 2.05) is 6.07 Å². The molecular formula is C19H24N4O5S2. The summed E-state index contributed by atoms with van der Waals surface area (Å²) < 4.78 is 33.0. The first-order chi connectivity index (χ1) is 14.4. The lowest BCUT2D eigenvalue weighted by molar-refractivity contribution is -0.145. The minimum Gasteiger partial charge on any atom is -0.481 e. The molecule has 11 heteroatoms. The number of sulfonamides is 1. The number of benzene rings is 1. The maximum atomic E-state index is 13.1. The van der Waals surface area contributed by atoms with Crippen LogP contribution < -0.4 is 15.8 Å². The number of nitrogens with zero attached hydrogens (tertiary/aromatic N) is 2. The summed E-state index contributed by atoms with van der Waals surface area (Å²) in [6.45, 7) is 2.01. The number of amides is 2. The van der Waals surface area contributed by atoms with E-state index in [-0.39, 0.29) is 30.4 Å². The third-order valence-corrected chi connectivity index (χ3v) is 7.78. The van der Waals surface area contributed by atoms with Gasteiger partial charge in [-0.25, -0.2) is 8.42 Å². The number of ether oxygens (including phenoxy) is 1. The van der Waals surface area contributed by atoms with Gasteiger partial charge in [0.15, 0.2) is 12.3 Å². The molecule has 1 aromatic heterocycles. The normalized spacial score (nSPS) is 18.2. The molecule has 0 bridgehead atoms. The van der Waals surface area contributed by atoms with Gasteiger partial charge < -0.3 is 20.7 Å². The molecule has 1 saturated heterocycles. The molecule has 2 atom stereocenters. The number of carbonyl (C=O) groups is 2. The Morgan fingerprint density at radius 1 is 1.23 bits per heavy atom. The number of hydrogen-bond acceptors (Lipinski definition) is 7. The zero-order valence-corrected chi connectivity index (χ0v) is 18.1. The monoisotopic (exact) mass is 452 g/mol. The van der Waals surface area contributed by atoms with Gasteiger partial charge in [-0.15, -0.1) is 11.3 Å². The van der Waals surface area contributed by atoms with Gasteiger partial charge in [0.2, 0.25) is 0 Å². The first-order valence-electron chi connectivity index (χ1n) is 9.41. The van der Waals surface area contributed by atoms with E-state index < -0.39 is 34.1 Å². The van der Waals surface area contributed by atoms with E-state index >= 15 is 0 Å². The van der Waals surface area contributed by atoms with Crippen LogP contribution in [0.4, 0.5) is 0 Å². The molecule has 1 aliphatic rings. The number of para-hydroxylation sites is 1. The number of hydrogen-bond donors (Lipinski definition) is 2. The molecule has 162 valence electrons. The molecule has 2 heterocycles. The summed E-state index contributed by atoms with van der Waals surface area (Å²) in [6.07, 6.45) is -2.21. The van der Waals surface area contributed by atoms with Crippen molar-refractivity contribution in [3.8, 4) is 5.75 Å². The average Bonchev–Trinajstić information content (AvgIpc) is 3.42. The molecule has 2 aromatic rings. The fourth-order valence-electron chi connectivity index (χ4n) is 3.16. The summed E-state index contributed by atoms with van der Waals surface area (Å²) in [7, 11) is -3.94. The second kappa shape index (κ2) is 9.56. The van der Waals surface area contributed by atoms with Crippen molar-refractivity contribution in [2.45, 2.75) is 23.4 Å². The van der Waals surface area contributed by atoms with Crippen molar-refractivity contribution < 1.29 is 22.7 Å². The average molecular weight is 453 g/mol. The Kier molecular flexibility index (Phi) is 7.08. The van der Waals surface area contributed by atoms with Crippen LogP contribution in [-0.2, 0) is 19.6 Å². The molecule has 0 radical (unpaired) electrons. The number of thiophene rings is 1. The van der Waals surface area contributed by atoms with Crippen LogP contribution in [0.3, 0.4) is 0 Å². The van der Waals surface area contributed by atoms with E-state index in [2.05, 4.69) is 5.32 Å². The number of rotatable bonds is 8. The van der Waals surface area contributed by atoms with Crippen LogP contribution in [0, 0.1) is 0 Å². The van der Waals surface area contributed by atoms with Crippen LogP contribution in [0.25, 0.3) is 0 Å². The van der Waals surface area contributed by atoms with Gasteiger partial charge in [-0.05, 0) is 30.5 Å². The Bertz CT molecular complexity index is 966. The van der Waals surface area contributed by atoms with Gasteiger partial charge >= 0.3 is 0 Å². The van der Waals surface area contributed by atoms with Gasteiger partial charge in [0, 0.05) is 26.2 Å². The van der Waals surface area contributed by atoms with Gasteiger partial charge in [-0.1, -0.05) is 24.3 Å². The van der Waals surface area contributed by atoms with E-state index in [0.717, 1.165) is 15.6 Å². The quantitative estimate of drug-likeness (QED) is 0.600. The maximum absolute atomic E-state index is 13.1. The van der Waals surface area contributed by atoms with E-state index in [9.17, 15) is 18.0 Å². The first-order valence-corrected chi connectivity index (χ1v) is 11.7. The minimum absolute atomic E-state index is 0.00470. The van der Waals surface area contributed by atoms with Crippen LogP contribution in [0.2, 0.25) is 0 Å². The van der Waals surface area contributed by atoms with Crippen LogP contribution >= 0.6 is 11.3 Å². The SMILES string of the molecule is CC(Oc1ccccc1)C(=O)N1CCN(S(=O)(=O)c2cccs2)C1C(=O)NCCN.